The van der Waals surface area contributed by atoms with E-state index in [0.29, 0.717) is 5.56 Å². The van der Waals surface area contributed by atoms with Crippen molar-refractivity contribution in [2.75, 3.05) is 31.3 Å². The van der Waals surface area contributed by atoms with Gasteiger partial charge in [0.15, 0.2) is 0 Å². The smallest absolute Gasteiger partial charge is 0.419 e. The van der Waals surface area contributed by atoms with Crippen LogP contribution in [0.3, 0.4) is 0 Å². The minimum absolute atomic E-state index is 0.0448. The molecular weight excluding hydrogens is 426 g/mol. The molecule has 1 aromatic heterocycles. The highest BCUT2D eigenvalue weighted by atomic mass is 19.4. The minimum Gasteiger partial charge on any atom is -0.490 e. The van der Waals surface area contributed by atoms with Crippen LogP contribution in [-0.4, -0.2) is 36.5 Å². The monoisotopic (exact) mass is 449 g/mol. The summed E-state index contributed by atoms with van der Waals surface area (Å²) in [6.07, 6.45) is -2.35. The van der Waals surface area contributed by atoms with Crippen LogP contribution in [0.2, 0.25) is 0 Å². The summed E-state index contributed by atoms with van der Waals surface area (Å²) in [5.41, 5.74) is 0.891. The molecule has 1 saturated heterocycles. The first-order valence-electron chi connectivity index (χ1n) is 10.4. The summed E-state index contributed by atoms with van der Waals surface area (Å²) in [7, 11) is 0. The molecule has 1 aliphatic rings. The highest BCUT2D eigenvalue weighted by molar-refractivity contribution is 5.64. The third-order valence-corrected chi connectivity index (χ3v) is 5.57. The molecule has 2 heterocycles. The van der Waals surface area contributed by atoms with Crippen LogP contribution in [0.15, 0.2) is 47.0 Å². The zero-order chi connectivity index (χ0) is 22.7. The molecule has 0 bridgehead atoms. The Hall–Kier alpha value is -3.10. The van der Waals surface area contributed by atoms with Crippen LogP contribution in [0.1, 0.15) is 25.3 Å². The van der Waals surface area contributed by atoms with E-state index in [1.54, 1.807) is 0 Å². The SMILES string of the molecule is CC1CCN(c2ccc(-c3noc(-c4ccc(OCCF)c(C(F)(F)F)c4)n3)cc2)CC1. The largest absolute Gasteiger partial charge is 0.490 e. The second-order valence-corrected chi connectivity index (χ2v) is 7.89. The van der Waals surface area contributed by atoms with Gasteiger partial charge in [-0.3, -0.25) is 0 Å². The fraction of sp³-hybridized carbons (Fsp3) is 0.391. The maximum Gasteiger partial charge on any atom is 0.419 e. The standard InChI is InChI=1S/C23H23F4N3O2/c1-15-8-11-30(12-9-15)18-5-2-16(3-6-18)21-28-22(32-29-21)17-4-7-20(31-13-10-24)19(14-17)23(25,26)27/h2-7,14-15H,8-13H2,1H3. The van der Waals surface area contributed by atoms with Crippen molar-refractivity contribution in [3.8, 4) is 28.6 Å². The molecule has 0 unspecified atom stereocenters. The van der Waals surface area contributed by atoms with E-state index in [2.05, 4.69) is 22.0 Å². The summed E-state index contributed by atoms with van der Waals surface area (Å²) in [6.45, 7) is 2.94. The number of halogens is 4. The number of piperidine rings is 1. The lowest BCUT2D eigenvalue weighted by atomic mass is 9.98. The van der Waals surface area contributed by atoms with Crippen LogP contribution < -0.4 is 9.64 Å². The first-order valence-corrected chi connectivity index (χ1v) is 10.4. The van der Waals surface area contributed by atoms with Crippen molar-refractivity contribution in [1.82, 2.24) is 10.1 Å². The fourth-order valence-electron chi connectivity index (χ4n) is 3.71. The van der Waals surface area contributed by atoms with Gasteiger partial charge in [-0.15, -0.1) is 0 Å². The van der Waals surface area contributed by atoms with Crippen molar-refractivity contribution in [2.45, 2.75) is 25.9 Å². The minimum atomic E-state index is -4.67. The topological polar surface area (TPSA) is 51.4 Å². The molecule has 3 aromatic rings. The number of alkyl halides is 4. The Balaban J connectivity index is 1.54. The van der Waals surface area contributed by atoms with E-state index >= 15 is 0 Å². The summed E-state index contributed by atoms with van der Waals surface area (Å²) in [5, 5.41) is 3.92. The Morgan fingerprint density at radius 1 is 1.06 bits per heavy atom. The predicted molar refractivity (Wildman–Crippen MR) is 112 cm³/mol. The zero-order valence-corrected chi connectivity index (χ0v) is 17.5. The summed E-state index contributed by atoms with van der Waals surface area (Å²) in [6, 6.07) is 11.1. The highest BCUT2D eigenvalue weighted by Crippen LogP contribution is 2.39. The Kier molecular flexibility index (Phi) is 6.34. The third-order valence-electron chi connectivity index (χ3n) is 5.57. The normalized spacial score (nSPS) is 15.2. The van der Waals surface area contributed by atoms with E-state index in [0.717, 1.165) is 49.7 Å². The van der Waals surface area contributed by atoms with Gasteiger partial charge >= 0.3 is 6.18 Å². The van der Waals surface area contributed by atoms with Gasteiger partial charge < -0.3 is 14.2 Å². The number of hydrogen-bond acceptors (Lipinski definition) is 5. The van der Waals surface area contributed by atoms with Gasteiger partial charge in [-0.05, 0) is 61.2 Å². The first kappa shape index (κ1) is 22.1. The molecule has 9 heteroatoms. The lowest BCUT2D eigenvalue weighted by Crippen LogP contribution is -2.32. The van der Waals surface area contributed by atoms with Crippen molar-refractivity contribution >= 4 is 5.69 Å². The number of nitrogens with zero attached hydrogens (tertiary/aromatic N) is 3. The van der Waals surface area contributed by atoms with Gasteiger partial charge in [0, 0.05) is 29.9 Å². The van der Waals surface area contributed by atoms with Crippen molar-refractivity contribution in [3.63, 3.8) is 0 Å². The summed E-state index contributed by atoms with van der Waals surface area (Å²) >= 11 is 0. The molecule has 32 heavy (non-hydrogen) atoms. The Labute approximate surface area is 183 Å². The second-order valence-electron chi connectivity index (χ2n) is 7.89. The van der Waals surface area contributed by atoms with E-state index in [4.69, 9.17) is 9.26 Å². The molecule has 0 spiro atoms. The van der Waals surface area contributed by atoms with Crippen molar-refractivity contribution in [2.24, 2.45) is 5.92 Å². The lowest BCUT2D eigenvalue weighted by Gasteiger charge is -2.32. The fourth-order valence-corrected chi connectivity index (χ4v) is 3.71. The van der Waals surface area contributed by atoms with E-state index in [1.165, 1.54) is 6.07 Å². The molecule has 0 N–H and O–H groups in total. The third kappa shape index (κ3) is 4.87. The first-order chi connectivity index (χ1) is 15.3. The van der Waals surface area contributed by atoms with Crippen LogP contribution in [0, 0.1) is 5.92 Å². The zero-order valence-electron chi connectivity index (χ0n) is 17.5. The molecule has 0 amide bonds. The molecular formula is C23H23F4N3O2. The summed E-state index contributed by atoms with van der Waals surface area (Å²) < 4.78 is 62.6. The number of ether oxygens (including phenoxy) is 1. The van der Waals surface area contributed by atoms with Gasteiger partial charge in [0.05, 0.1) is 5.56 Å². The summed E-state index contributed by atoms with van der Waals surface area (Å²) in [5.74, 6) is 0.536. The average molecular weight is 449 g/mol. The predicted octanol–water partition coefficient (Wildman–Crippen LogP) is 6.01. The van der Waals surface area contributed by atoms with E-state index in [1.807, 2.05) is 24.3 Å². The van der Waals surface area contributed by atoms with Gasteiger partial charge in [-0.25, -0.2) is 4.39 Å². The van der Waals surface area contributed by atoms with Gasteiger partial charge in [0.1, 0.15) is 19.0 Å². The van der Waals surface area contributed by atoms with Gasteiger partial charge in [-0.1, -0.05) is 12.1 Å². The Morgan fingerprint density at radius 3 is 2.41 bits per heavy atom. The second kappa shape index (κ2) is 9.18. The van der Waals surface area contributed by atoms with Gasteiger partial charge in [0.25, 0.3) is 5.89 Å². The molecule has 2 aromatic carbocycles. The molecule has 0 atom stereocenters. The molecule has 4 rings (SSSR count). The van der Waals surface area contributed by atoms with Gasteiger partial charge in [0.2, 0.25) is 5.82 Å². The number of benzene rings is 2. The lowest BCUT2D eigenvalue weighted by molar-refractivity contribution is -0.138. The maximum absolute atomic E-state index is 13.4. The van der Waals surface area contributed by atoms with E-state index < -0.39 is 30.8 Å². The van der Waals surface area contributed by atoms with E-state index in [9.17, 15) is 17.6 Å². The molecule has 0 saturated carbocycles. The molecule has 0 radical (unpaired) electrons. The molecule has 170 valence electrons. The van der Waals surface area contributed by atoms with Crippen molar-refractivity contribution in [3.05, 3.63) is 48.0 Å². The van der Waals surface area contributed by atoms with E-state index in [-0.39, 0.29) is 17.3 Å². The van der Waals surface area contributed by atoms with Crippen LogP contribution >= 0.6 is 0 Å². The average Bonchev–Trinajstić information content (AvgIpc) is 3.28. The number of aromatic nitrogens is 2. The summed E-state index contributed by atoms with van der Waals surface area (Å²) in [4.78, 5) is 6.59. The number of rotatable bonds is 6. The Morgan fingerprint density at radius 2 is 1.75 bits per heavy atom. The van der Waals surface area contributed by atoms with Crippen molar-refractivity contribution in [1.29, 1.82) is 0 Å². The highest BCUT2D eigenvalue weighted by Gasteiger charge is 2.35. The number of hydrogen-bond donors (Lipinski definition) is 0. The van der Waals surface area contributed by atoms with Crippen LogP contribution in [0.4, 0.5) is 23.2 Å². The quantitative estimate of drug-likeness (QED) is 0.432. The Bertz CT molecular complexity index is 1040. The van der Waals surface area contributed by atoms with Crippen LogP contribution in [0.5, 0.6) is 5.75 Å². The van der Waals surface area contributed by atoms with Crippen LogP contribution in [0.25, 0.3) is 22.8 Å². The molecule has 1 fully saturated rings. The molecule has 5 nitrogen and oxygen atoms in total. The maximum atomic E-state index is 13.4. The molecule has 0 aliphatic carbocycles. The van der Waals surface area contributed by atoms with Crippen LogP contribution in [-0.2, 0) is 6.18 Å². The molecule has 1 aliphatic heterocycles. The van der Waals surface area contributed by atoms with Crippen molar-refractivity contribution < 1.29 is 26.8 Å². The number of anilines is 1. The van der Waals surface area contributed by atoms with Gasteiger partial charge in [-0.2, -0.15) is 18.2 Å².